The van der Waals surface area contributed by atoms with E-state index in [1.807, 2.05) is 0 Å². The first-order valence-corrected chi connectivity index (χ1v) is 9.15. The van der Waals surface area contributed by atoms with Crippen LogP contribution >= 0.6 is 0 Å². The van der Waals surface area contributed by atoms with Gasteiger partial charge in [0, 0.05) is 5.69 Å². The number of esters is 1. The van der Waals surface area contributed by atoms with Crippen molar-refractivity contribution < 1.29 is 37.1 Å². The number of benzene rings is 1. The molecule has 0 aromatic heterocycles. The van der Waals surface area contributed by atoms with Gasteiger partial charge in [0.2, 0.25) is 11.8 Å². The predicted octanol–water partition coefficient (Wildman–Crippen LogP) is 2.36. The second-order valence-corrected chi connectivity index (χ2v) is 7.05. The highest BCUT2D eigenvalue weighted by atomic mass is 19.4. The van der Waals surface area contributed by atoms with E-state index in [1.165, 1.54) is 6.07 Å². The number of halogens is 3. The summed E-state index contributed by atoms with van der Waals surface area (Å²) in [5.74, 6) is -3.37. The van der Waals surface area contributed by atoms with E-state index < -0.39 is 60.4 Å². The summed E-state index contributed by atoms with van der Waals surface area (Å²) in [6.07, 6.45) is -1.62. The number of imide groups is 1. The van der Waals surface area contributed by atoms with Crippen LogP contribution in [-0.4, -0.2) is 41.7 Å². The van der Waals surface area contributed by atoms with Gasteiger partial charge in [-0.25, -0.2) is 0 Å². The molecule has 1 saturated carbocycles. The van der Waals surface area contributed by atoms with E-state index in [2.05, 4.69) is 5.32 Å². The highest BCUT2D eigenvalue weighted by Crippen LogP contribution is 2.37. The molecule has 0 radical (unpaired) electrons. The van der Waals surface area contributed by atoms with E-state index in [0.717, 1.165) is 35.9 Å². The monoisotopic (exact) mass is 412 g/mol. The fourth-order valence-corrected chi connectivity index (χ4v) is 3.68. The Morgan fingerprint density at radius 2 is 1.72 bits per heavy atom. The van der Waals surface area contributed by atoms with Crippen LogP contribution < -0.4 is 5.32 Å². The summed E-state index contributed by atoms with van der Waals surface area (Å²) < 4.78 is 42.8. The minimum Gasteiger partial charge on any atom is -0.454 e. The lowest BCUT2D eigenvalue weighted by Gasteiger charge is -2.19. The number of carbonyl (C=O) groups excluding carboxylic acids is 4. The average molecular weight is 412 g/mol. The molecule has 0 bridgehead atoms. The zero-order chi connectivity index (χ0) is 21.2. The van der Waals surface area contributed by atoms with Gasteiger partial charge in [-0.1, -0.05) is 18.9 Å². The smallest absolute Gasteiger partial charge is 0.416 e. The molecular weight excluding hydrogens is 393 g/mol. The summed E-state index contributed by atoms with van der Waals surface area (Å²) in [5.41, 5.74) is -1.03. The third kappa shape index (κ3) is 4.75. The SMILES string of the molecule is O=C(COC(=O)CN1C(=O)[C@H]2CCCC[C@H]2C1=O)Nc1cccc(C(F)(F)F)c1. The van der Waals surface area contributed by atoms with Gasteiger partial charge in [-0.3, -0.25) is 24.1 Å². The molecule has 1 N–H and O–H groups in total. The number of nitrogens with zero attached hydrogens (tertiary/aromatic N) is 1. The van der Waals surface area contributed by atoms with Crippen molar-refractivity contribution in [2.24, 2.45) is 11.8 Å². The van der Waals surface area contributed by atoms with Gasteiger partial charge >= 0.3 is 12.1 Å². The zero-order valence-corrected chi connectivity index (χ0v) is 15.3. The van der Waals surface area contributed by atoms with Crippen molar-refractivity contribution in [1.82, 2.24) is 4.90 Å². The highest BCUT2D eigenvalue weighted by Gasteiger charge is 2.48. The normalized spacial score (nSPS) is 21.7. The third-order valence-corrected chi connectivity index (χ3v) is 5.06. The number of likely N-dealkylation sites (tertiary alicyclic amines) is 1. The van der Waals surface area contributed by atoms with E-state index >= 15 is 0 Å². The van der Waals surface area contributed by atoms with E-state index in [0.29, 0.717) is 12.8 Å². The van der Waals surface area contributed by atoms with Gasteiger partial charge in [0.1, 0.15) is 6.54 Å². The summed E-state index contributed by atoms with van der Waals surface area (Å²) in [4.78, 5) is 49.2. The molecule has 2 aliphatic rings. The van der Waals surface area contributed by atoms with Crippen molar-refractivity contribution >= 4 is 29.4 Å². The van der Waals surface area contributed by atoms with Crippen molar-refractivity contribution in [2.75, 3.05) is 18.5 Å². The molecule has 10 heteroatoms. The number of nitrogens with one attached hydrogen (secondary N) is 1. The number of ether oxygens (including phenoxy) is 1. The molecule has 1 heterocycles. The van der Waals surface area contributed by atoms with E-state index in [-0.39, 0.29) is 5.69 Å². The van der Waals surface area contributed by atoms with Crippen LogP contribution in [0.3, 0.4) is 0 Å². The number of fused-ring (bicyclic) bond motifs is 1. The van der Waals surface area contributed by atoms with Crippen LogP contribution in [0.15, 0.2) is 24.3 Å². The molecule has 2 fully saturated rings. The lowest BCUT2D eigenvalue weighted by atomic mass is 9.81. The van der Waals surface area contributed by atoms with Gasteiger partial charge in [-0.2, -0.15) is 13.2 Å². The molecule has 0 unspecified atom stereocenters. The number of carbonyl (C=O) groups is 4. The fourth-order valence-electron chi connectivity index (χ4n) is 3.68. The zero-order valence-electron chi connectivity index (χ0n) is 15.3. The average Bonchev–Trinajstić information content (AvgIpc) is 2.91. The maximum atomic E-state index is 12.7. The van der Waals surface area contributed by atoms with Crippen LogP contribution in [0.5, 0.6) is 0 Å². The molecule has 2 atom stereocenters. The van der Waals surface area contributed by atoms with Gasteiger partial charge in [0.15, 0.2) is 6.61 Å². The molecule has 1 aliphatic heterocycles. The standard InChI is InChI=1S/C19H19F3N2O5/c20-19(21,22)11-4-3-5-12(8-11)23-15(25)10-29-16(26)9-24-17(27)13-6-1-2-7-14(13)18(24)28/h3-5,8,13-14H,1-2,6-7,9-10H2,(H,23,25)/t13-,14+. The van der Waals surface area contributed by atoms with E-state index in [9.17, 15) is 32.3 Å². The number of hydrogen-bond donors (Lipinski definition) is 1. The highest BCUT2D eigenvalue weighted by molar-refractivity contribution is 6.07. The molecule has 29 heavy (non-hydrogen) atoms. The van der Waals surface area contributed by atoms with E-state index in [1.54, 1.807) is 0 Å². The molecular formula is C19H19F3N2O5. The van der Waals surface area contributed by atoms with Crippen LogP contribution in [-0.2, 0) is 30.1 Å². The Labute approximate surface area is 164 Å². The van der Waals surface area contributed by atoms with Crippen molar-refractivity contribution in [3.63, 3.8) is 0 Å². The Hall–Kier alpha value is -2.91. The lowest BCUT2D eigenvalue weighted by Crippen LogP contribution is -2.37. The van der Waals surface area contributed by atoms with Gasteiger partial charge in [-0.05, 0) is 31.0 Å². The summed E-state index contributed by atoms with van der Waals surface area (Å²) in [6, 6.07) is 4.01. The van der Waals surface area contributed by atoms with Gasteiger partial charge in [0.25, 0.3) is 5.91 Å². The van der Waals surface area contributed by atoms with Crippen molar-refractivity contribution in [3.05, 3.63) is 29.8 Å². The Morgan fingerprint density at radius 1 is 1.10 bits per heavy atom. The number of rotatable bonds is 5. The summed E-state index contributed by atoms with van der Waals surface area (Å²) >= 11 is 0. The summed E-state index contributed by atoms with van der Waals surface area (Å²) in [5, 5.41) is 2.20. The van der Waals surface area contributed by atoms with Crippen LogP contribution in [0.1, 0.15) is 31.2 Å². The molecule has 1 aromatic carbocycles. The second-order valence-electron chi connectivity index (χ2n) is 7.05. The van der Waals surface area contributed by atoms with Gasteiger partial charge in [0.05, 0.1) is 17.4 Å². The largest absolute Gasteiger partial charge is 0.454 e. The van der Waals surface area contributed by atoms with Gasteiger partial charge in [-0.15, -0.1) is 0 Å². The predicted molar refractivity (Wildman–Crippen MR) is 93.2 cm³/mol. The van der Waals surface area contributed by atoms with Crippen LogP contribution in [0, 0.1) is 11.8 Å². The lowest BCUT2D eigenvalue weighted by molar-refractivity contribution is -0.154. The first-order chi connectivity index (χ1) is 13.7. The second kappa shape index (κ2) is 8.22. The Bertz CT molecular complexity index is 815. The molecule has 3 rings (SSSR count). The summed E-state index contributed by atoms with van der Waals surface area (Å²) in [7, 11) is 0. The first-order valence-electron chi connectivity index (χ1n) is 9.15. The quantitative estimate of drug-likeness (QED) is 0.592. The summed E-state index contributed by atoms with van der Waals surface area (Å²) in [6.45, 7) is -1.33. The molecule has 1 saturated heterocycles. The maximum absolute atomic E-state index is 12.7. The minimum absolute atomic E-state index is 0.102. The first kappa shape index (κ1) is 20.8. The third-order valence-electron chi connectivity index (χ3n) is 5.06. The maximum Gasteiger partial charge on any atom is 0.416 e. The van der Waals surface area contributed by atoms with E-state index in [4.69, 9.17) is 4.74 Å². The number of hydrogen-bond acceptors (Lipinski definition) is 5. The van der Waals surface area contributed by atoms with Crippen LogP contribution in [0.2, 0.25) is 0 Å². The van der Waals surface area contributed by atoms with Crippen LogP contribution in [0.25, 0.3) is 0 Å². The number of alkyl halides is 3. The Balaban J connectivity index is 1.50. The molecule has 3 amide bonds. The Kier molecular flexibility index (Phi) is 5.90. The van der Waals surface area contributed by atoms with Gasteiger partial charge < -0.3 is 10.1 Å². The van der Waals surface area contributed by atoms with Crippen molar-refractivity contribution in [3.8, 4) is 0 Å². The molecule has 7 nitrogen and oxygen atoms in total. The fraction of sp³-hybridized carbons (Fsp3) is 0.474. The van der Waals surface area contributed by atoms with Crippen molar-refractivity contribution in [2.45, 2.75) is 31.9 Å². The van der Waals surface area contributed by atoms with Crippen molar-refractivity contribution in [1.29, 1.82) is 0 Å². The molecule has 0 spiro atoms. The number of amides is 3. The van der Waals surface area contributed by atoms with Crippen LogP contribution in [0.4, 0.5) is 18.9 Å². The molecule has 156 valence electrons. The topological polar surface area (TPSA) is 92.8 Å². The molecule has 1 aliphatic carbocycles. The molecule has 1 aromatic rings. The minimum atomic E-state index is -4.56. The number of anilines is 1. The Morgan fingerprint density at radius 3 is 2.31 bits per heavy atom.